The molecule has 7 heteroatoms. The van der Waals surface area contributed by atoms with Crippen molar-refractivity contribution in [3.05, 3.63) is 77.9 Å². The van der Waals surface area contributed by atoms with Gasteiger partial charge in [-0.05, 0) is 29.7 Å². The zero-order valence-electron chi connectivity index (χ0n) is 13.9. The standard InChI is InChI=1S/C20H14F3NO3/c21-20(22,23)15-8-3-7-14(11-15)19(26)27-12-18(25)24-17-10-4-6-13-5-1-2-9-16(13)17/h1-11H,12H2,(H,24,25). The van der Waals surface area contributed by atoms with E-state index in [1.54, 1.807) is 12.1 Å². The molecule has 0 spiro atoms. The van der Waals surface area contributed by atoms with E-state index in [0.717, 1.165) is 22.9 Å². The van der Waals surface area contributed by atoms with E-state index in [0.29, 0.717) is 11.8 Å². The molecule has 3 aromatic carbocycles. The van der Waals surface area contributed by atoms with Crippen LogP contribution in [0.25, 0.3) is 10.8 Å². The van der Waals surface area contributed by atoms with Gasteiger partial charge in [0, 0.05) is 11.1 Å². The lowest BCUT2D eigenvalue weighted by molar-refractivity contribution is -0.137. The Morgan fingerprint density at radius 2 is 1.63 bits per heavy atom. The van der Waals surface area contributed by atoms with E-state index in [1.807, 2.05) is 30.3 Å². The molecule has 27 heavy (non-hydrogen) atoms. The molecule has 0 aromatic heterocycles. The largest absolute Gasteiger partial charge is 0.452 e. The lowest BCUT2D eigenvalue weighted by atomic mass is 10.1. The third kappa shape index (κ3) is 4.44. The van der Waals surface area contributed by atoms with Crippen LogP contribution in [0.15, 0.2) is 66.7 Å². The number of nitrogens with one attached hydrogen (secondary N) is 1. The number of anilines is 1. The minimum atomic E-state index is -4.57. The van der Waals surface area contributed by atoms with Gasteiger partial charge in [-0.15, -0.1) is 0 Å². The summed E-state index contributed by atoms with van der Waals surface area (Å²) in [7, 11) is 0. The van der Waals surface area contributed by atoms with Crippen LogP contribution in [0.2, 0.25) is 0 Å². The summed E-state index contributed by atoms with van der Waals surface area (Å²) in [6.45, 7) is -0.613. The average Bonchev–Trinajstić information content (AvgIpc) is 2.66. The molecule has 0 fully saturated rings. The molecule has 0 bridgehead atoms. The van der Waals surface area contributed by atoms with Crippen molar-refractivity contribution in [2.24, 2.45) is 0 Å². The predicted octanol–water partition coefficient (Wildman–Crippen LogP) is 4.65. The highest BCUT2D eigenvalue weighted by molar-refractivity contribution is 6.03. The van der Waals surface area contributed by atoms with Gasteiger partial charge in [-0.25, -0.2) is 4.79 Å². The van der Waals surface area contributed by atoms with Crippen LogP contribution in [-0.4, -0.2) is 18.5 Å². The summed E-state index contributed by atoms with van der Waals surface area (Å²) in [4.78, 5) is 24.0. The van der Waals surface area contributed by atoms with Gasteiger partial charge in [-0.2, -0.15) is 13.2 Å². The molecule has 1 N–H and O–H groups in total. The van der Waals surface area contributed by atoms with E-state index in [1.165, 1.54) is 6.07 Å². The van der Waals surface area contributed by atoms with Gasteiger partial charge in [0.2, 0.25) is 0 Å². The summed E-state index contributed by atoms with van der Waals surface area (Å²) >= 11 is 0. The van der Waals surface area contributed by atoms with Gasteiger partial charge in [0.05, 0.1) is 11.1 Å². The first kappa shape index (κ1) is 18.4. The number of esters is 1. The van der Waals surface area contributed by atoms with E-state index in [-0.39, 0.29) is 5.56 Å². The van der Waals surface area contributed by atoms with Crippen molar-refractivity contribution in [1.82, 2.24) is 0 Å². The summed E-state index contributed by atoms with van der Waals surface area (Å²) < 4.78 is 42.9. The third-order valence-corrected chi connectivity index (χ3v) is 3.82. The smallest absolute Gasteiger partial charge is 0.416 e. The minimum Gasteiger partial charge on any atom is -0.452 e. The van der Waals surface area contributed by atoms with Crippen molar-refractivity contribution < 1.29 is 27.5 Å². The van der Waals surface area contributed by atoms with E-state index >= 15 is 0 Å². The average molecular weight is 373 g/mol. The Balaban J connectivity index is 1.65. The van der Waals surface area contributed by atoms with Gasteiger partial charge < -0.3 is 10.1 Å². The molecule has 0 aliphatic rings. The van der Waals surface area contributed by atoms with Crippen molar-refractivity contribution in [1.29, 1.82) is 0 Å². The molecule has 0 unspecified atom stereocenters. The number of fused-ring (bicyclic) bond motifs is 1. The van der Waals surface area contributed by atoms with E-state index in [2.05, 4.69) is 5.32 Å². The summed E-state index contributed by atoms with van der Waals surface area (Å²) in [5, 5.41) is 4.38. The maximum atomic E-state index is 12.7. The van der Waals surface area contributed by atoms with Crippen LogP contribution >= 0.6 is 0 Å². The van der Waals surface area contributed by atoms with Crippen molar-refractivity contribution >= 4 is 28.3 Å². The van der Waals surface area contributed by atoms with Gasteiger partial charge >= 0.3 is 12.1 Å². The highest BCUT2D eigenvalue weighted by Crippen LogP contribution is 2.29. The number of alkyl halides is 3. The Hall–Kier alpha value is -3.35. The molecule has 0 saturated carbocycles. The highest BCUT2D eigenvalue weighted by atomic mass is 19.4. The zero-order valence-corrected chi connectivity index (χ0v) is 13.9. The lowest BCUT2D eigenvalue weighted by Gasteiger charge is -2.10. The van der Waals surface area contributed by atoms with E-state index in [9.17, 15) is 22.8 Å². The summed E-state index contributed by atoms with van der Waals surface area (Å²) in [6.07, 6.45) is -4.57. The third-order valence-electron chi connectivity index (χ3n) is 3.82. The molecule has 3 aromatic rings. The van der Waals surface area contributed by atoms with Gasteiger partial charge in [0.25, 0.3) is 5.91 Å². The van der Waals surface area contributed by atoms with Crippen LogP contribution in [0.4, 0.5) is 18.9 Å². The Labute approximate surface area is 152 Å². The fraction of sp³-hybridized carbons (Fsp3) is 0.100. The molecular formula is C20H14F3NO3. The normalized spacial score (nSPS) is 11.2. The number of carbonyl (C=O) groups excluding carboxylic acids is 2. The molecular weight excluding hydrogens is 359 g/mol. The molecule has 0 saturated heterocycles. The minimum absolute atomic E-state index is 0.275. The Morgan fingerprint density at radius 3 is 2.41 bits per heavy atom. The Kier molecular flexibility index (Phi) is 5.12. The number of hydrogen-bond donors (Lipinski definition) is 1. The number of rotatable bonds is 4. The number of ether oxygens (including phenoxy) is 1. The number of carbonyl (C=O) groups is 2. The van der Waals surface area contributed by atoms with Crippen LogP contribution < -0.4 is 5.32 Å². The molecule has 3 rings (SSSR count). The molecule has 138 valence electrons. The van der Waals surface area contributed by atoms with E-state index < -0.39 is 30.2 Å². The van der Waals surface area contributed by atoms with Gasteiger partial charge in [-0.3, -0.25) is 4.79 Å². The van der Waals surface area contributed by atoms with Crippen molar-refractivity contribution in [2.75, 3.05) is 11.9 Å². The summed E-state index contributed by atoms with van der Waals surface area (Å²) in [6, 6.07) is 16.6. The molecule has 0 aliphatic carbocycles. The second-order valence-corrected chi connectivity index (χ2v) is 5.73. The van der Waals surface area contributed by atoms with Crippen LogP contribution in [0.1, 0.15) is 15.9 Å². The summed E-state index contributed by atoms with van der Waals surface area (Å²) in [5.41, 5.74) is -0.687. The first-order valence-corrected chi connectivity index (χ1v) is 7.96. The molecule has 0 aliphatic heterocycles. The van der Waals surface area contributed by atoms with Crippen LogP contribution in [0, 0.1) is 0 Å². The van der Waals surface area contributed by atoms with Crippen LogP contribution in [0.5, 0.6) is 0 Å². The molecule has 0 radical (unpaired) electrons. The topological polar surface area (TPSA) is 55.4 Å². The van der Waals surface area contributed by atoms with Gasteiger partial charge in [-0.1, -0.05) is 42.5 Å². The van der Waals surface area contributed by atoms with Crippen LogP contribution in [-0.2, 0) is 15.7 Å². The maximum absolute atomic E-state index is 12.7. The first-order chi connectivity index (χ1) is 12.8. The number of halogens is 3. The quantitative estimate of drug-likeness (QED) is 0.677. The Morgan fingerprint density at radius 1 is 0.926 bits per heavy atom. The SMILES string of the molecule is O=C(COC(=O)c1cccc(C(F)(F)F)c1)Nc1cccc2ccccc12. The monoisotopic (exact) mass is 373 g/mol. The zero-order chi connectivity index (χ0) is 19.4. The second-order valence-electron chi connectivity index (χ2n) is 5.73. The fourth-order valence-electron chi connectivity index (χ4n) is 2.56. The lowest BCUT2D eigenvalue weighted by Crippen LogP contribution is -2.21. The predicted molar refractivity (Wildman–Crippen MR) is 94.3 cm³/mol. The second kappa shape index (κ2) is 7.49. The highest BCUT2D eigenvalue weighted by Gasteiger charge is 2.31. The fourth-order valence-corrected chi connectivity index (χ4v) is 2.56. The molecule has 1 amide bonds. The summed E-state index contributed by atoms with van der Waals surface area (Å²) in [5.74, 6) is -1.60. The van der Waals surface area contributed by atoms with Gasteiger partial charge in [0.1, 0.15) is 0 Å². The number of amides is 1. The van der Waals surface area contributed by atoms with Crippen LogP contribution in [0.3, 0.4) is 0 Å². The maximum Gasteiger partial charge on any atom is 0.416 e. The molecule has 0 heterocycles. The number of benzene rings is 3. The molecule has 4 nitrogen and oxygen atoms in total. The van der Waals surface area contributed by atoms with Crippen molar-refractivity contribution in [2.45, 2.75) is 6.18 Å². The first-order valence-electron chi connectivity index (χ1n) is 7.96. The number of hydrogen-bond acceptors (Lipinski definition) is 3. The van der Waals surface area contributed by atoms with Crippen molar-refractivity contribution in [3.8, 4) is 0 Å². The molecule has 0 atom stereocenters. The Bertz CT molecular complexity index is 994. The van der Waals surface area contributed by atoms with Crippen molar-refractivity contribution in [3.63, 3.8) is 0 Å². The van der Waals surface area contributed by atoms with Gasteiger partial charge in [0.15, 0.2) is 6.61 Å². The van der Waals surface area contributed by atoms with E-state index in [4.69, 9.17) is 4.74 Å².